The fourth-order valence-electron chi connectivity index (χ4n) is 2.55. The van der Waals surface area contributed by atoms with Gasteiger partial charge in [0.1, 0.15) is 17.2 Å². The summed E-state index contributed by atoms with van der Waals surface area (Å²) >= 11 is 12.0. The van der Waals surface area contributed by atoms with Crippen LogP contribution < -0.4 is 15.4 Å². The van der Waals surface area contributed by atoms with Gasteiger partial charge >= 0.3 is 0 Å². The first kappa shape index (κ1) is 21.5. The summed E-state index contributed by atoms with van der Waals surface area (Å²) < 4.78 is 10.4. The Morgan fingerprint density at radius 3 is 2.50 bits per heavy atom. The van der Waals surface area contributed by atoms with Crippen molar-refractivity contribution in [1.29, 1.82) is 0 Å². The normalized spacial score (nSPS) is 11.1. The van der Waals surface area contributed by atoms with Crippen LogP contribution in [0.5, 0.6) is 5.75 Å². The Kier molecular flexibility index (Phi) is 7.17. The van der Waals surface area contributed by atoms with E-state index in [0.29, 0.717) is 32.7 Å². The van der Waals surface area contributed by atoms with Crippen LogP contribution in [0.1, 0.15) is 21.7 Å². The minimum Gasteiger partial charge on any atom is -0.497 e. The molecule has 0 bridgehead atoms. The number of nitrogens with one attached hydrogen (secondary N) is 2. The van der Waals surface area contributed by atoms with Crippen molar-refractivity contribution in [2.75, 3.05) is 7.11 Å². The van der Waals surface area contributed by atoms with Crippen LogP contribution in [0, 0.1) is 0 Å². The molecule has 3 aromatic rings. The Bertz CT molecular complexity index is 1060. The van der Waals surface area contributed by atoms with Crippen LogP contribution in [0.25, 0.3) is 6.08 Å². The molecule has 0 spiro atoms. The lowest BCUT2D eigenvalue weighted by atomic mass is 10.2. The van der Waals surface area contributed by atoms with E-state index in [0.717, 1.165) is 0 Å². The largest absolute Gasteiger partial charge is 0.497 e. The van der Waals surface area contributed by atoms with Crippen LogP contribution in [0.3, 0.4) is 0 Å². The topological polar surface area (TPSA) is 80.6 Å². The highest BCUT2D eigenvalue weighted by Gasteiger charge is 2.16. The highest BCUT2D eigenvalue weighted by atomic mass is 35.5. The fourth-order valence-corrected chi connectivity index (χ4v) is 3.02. The molecule has 0 saturated carbocycles. The lowest BCUT2D eigenvalue weighted by Gasteiger charge is -2.12. The average Bonchev–Trinajstić information content (AvgIpc) is 3.25. The van der Waals surface area contributed by atoms with Gasteiger partial charge in [0, 0.05) is 28.2 Å². The first-order chi connectivity index (χ1) is 14.5. The summed E-state index contributed by atoms with van der Waals surface area (Å²) in [6, 6.07) is 14.9. The second-order valence-corrected chi connectivity index (χ2v) is 7.02. The number of furan rings is 1. The molecule has 0 radical (unpaired) electrons. The number of hydrogen-bond donors (Lipinski definition) is 2. The molecule has 0 atom stereocenters. The molecule has 0 fully saturated rings. The number of ether oxygens (including phenoxy) is 1. The quantitative estimate of drug-likeness (QED) is 0.518. The van der Waals surface area contributed by atoms with Gasteiger partial charge in [-0.3, -0.25) is 9.59 Å². The molecule has 2 amide bonds. The highest BCUT2D eigenvalue weighted by molar-refractivity contribution is 6.35. The third kappa shape index (κ3) is 5.65. The summed E-state index contributed by atoms with van der Waals surface area (Å²) in [6.07, 6.45) is 2.92. The standard InChI is InChI=1S/C22H18Cl2N2O4/c1-29-17-8-5-14(6-9-17)21(27)26-20(12-18-3-2-10-30-18)22(28)25-13-15-4-7-16(23)11-19(15)24/h2-12H,13H2,1H3,(H,25,28)(H,26,27)/b20-12-. The summed E-state index contributed by atoms with van der Waals surface area (Å²) in [5, 5.41) is 6.29. The van der Waals surface area contributed by atoms with E-state index in [1.807, 2.05) is 0 Å². The molecule has 0 saturated heterocycles. The molecule has 6 nitrogen and oxygen atoms in total. The van der Waals surface area contributed by atoms with Crippen LogP contribution in [0.15, 0.2) is 71.0 Å². The lowest BCUT2D eigenvalue weighted by Crippen LogP contribution is -2.34. The maximum Gasteiger partial charge on any atom is 0.268 e. The number of methoxy groups -OCH3 is 1. The number of hydrogen-bond acceptors (Lipinski definition) is 4. The number of carbonyl (C=O) groups is 2. The number of benzene rings is 2. The zero-order valence-corrected chi connectivity index (χ0v) is 17.5. The third-order valence-corrected chi connectivity index (χ3v) is 4.72. The van der Waals surface area contributed by atoms with E-state index in [4.69, 9.17) is 32.4 Å². The van der Waals surface area contributed by atoms with Gasteiger partial charge in [-0.25, -0.2) is 0 Å². The van der Waals surface area contributed by atoms with E-state index in [1.165, 1.54) is 19.4 Å². The summed E-state index contributed by atoms with van der Waals surface area (Å²) in [4.78, 5) is 25.4. The maximum atomic E-state index is 12.8. The smallest absolute Gasteiger partial charge is 0.268 e. The Labute approximate surface area is 183 Å². The van der Waals surface area contributed by atoms with Crippen molar-refractivity contribution < 1.29 is 18.7 Å². The second-order valence-electron chi connectivity index (χ2n) is 6.17. The molecule has 0 aliphatic carbocycles. The van der Waals surface area contributed by atoms with Crippen molar-refractivity contribution >= 4 is 41.1 Å². The Hall–Kier alpha value is -3.22. The summed E-state index contributed by atoms with van der Waals surface area (Å²) in [5.74, 6) is 0.0876. The second kappa shape index (κ2) is 10.0. The predicted octanol–water partition coefficient (Wildman–Crippen LogP) is 4.68. The van der Waals surface area contributed by atoms with E-state index in [-0.39, 0.29) is 12.2 Å². The summed E-state index contributed by atoms with van der Waals surface area (Å²) in [5.41, 5.74) is 1.08. The molecule has 154 valence electrons. The van der Waals surface area contributed by atoms with Gasteiger partial charge in [0.15, 0.2) is 0 Å². The van der Waals surface area contributed by atoms with Gasteiger partial charge in [0.05, 0.1) is 13.4 Å². The Morgan fingerprint density at radius 2 is 1.87 bits per heavy atom. The van der Waals surface area contributed by atoms with Crippen molar-refractivity contribution in [3.8, 4) is 5.75 Å². The molecular formula is C22H18Cl2N2O4. The van der Waals surface area contributed by atoms with E-state index in [2.05, 4.69) is 10.6 Å². The number of rotatable bonds is 7. The molecule has 1 aromatic heterocycles. The minimum atomic E-state index is -0.501. The molecule has 0 aliphatic rings. The Morgan fingerprint density at radius 1 is 1.10 bits per heavy atom. The number of carbonyl (C=O) groups excluding carboxylic acids is 2. The summed E-state index contributed by atoms with van der Waals surface area (Å²) in [7, 11) is 1.54. The van der Waals surface area contributed by atoms with Gasteiger partial charge in [-0.2, -0.15) is 0 Å². The van der Waals surface area contributed by atoms with Crippen molar-refractivity contribution in [3.63, 3.8) is 0 Å². The van der Waals surface area contributed by atoms with Gasteiger partial charge in [0.2, 0.25) is 0 Å². The molecule has 0 aliphatic heterocycles. The predicted molar refractivity (Wildman–Crippen MR) is 115 cm³/mol. The molecule has 1 heterocycles. The average molecular weight is 445 g/mol. The van der Waals surface area contributed by atoms with Crippen molar-refractivity contribution in [2.45, 2.75) is 6.54 Å². The maximum absolute atomic E-state index is 12.8. The van der Waals surface area contributed by atoms with E-state index in [9.17, 15) is 9.59 Å². The molecule has 30 heavy (non-hydrogen) atoms. The highest BCUT2D eigenvalue weighted by Crippen LogP contribution is 2.21. The van der Waals surface area contributed by atoms with Gasteiger partial charge in [-0.05, 0) is 54.1 Å². The molecule has 0 unspecified atom stereocenters. The fraction of sp³-hybridized carbons (Fsp3) is 0.0909. The minimum absolute atomic E-state index is 0.0239. The van der Waals surface area contributed by atoms with Crippen LogP contribution in [0.4, 0.5) is 0 Å². The van der Waals surface area contributed by atoms with Gasteiger partial charge in [0.25, 0.3) is 11.8 Å². The van der Waals surface area contributed by atoms with E-state index >= 15 is 0 Å². The number of amides is 2. The molecule has 3 rings (SSSR count). The van der Waals surface area contributed by atoms with E-state index in [1.54, 1.807) is 54.6 Å². The van der Waals surface area contributed by atoms with Crippen LogP contribution in [-0.4, -0.2) is 18.9 Å². The molecular weight excluding hydrogens is 427 g/mol. The number of halogens is 2. The Balaban J connectivity index is 1.76. The molecule has 2 N–H and O–H groups in total. The van der Waals surface area contributed by atoms with Gasteiger partial charge < -0.3 is 19.8 Å². The van der Waals surface area contributed by atoms with E-state index < -0.39 is 11.8 Å². The molecule has 2 aromatic carbocycles. The van der Waals surface area contributed by atoms with Crippen molar-refractivity contribution in [3.05, 3.63) is 93.5 Å². The van der Waals surface area contributed by atoms with Crippen LogP contribution in [-0.2, 0) is 11.3 Å². The van der Waals surface area contributed by atoms with Crippen LogP contribution in [0.2, 0.25) is 10.0 Å². The van der Waals surface area contributed by atoms with Gasteiger partial charge in [-0.15, -0.1) is 0 Å². The zero-order chi connectivity index (χ0) is 21.5. The zero-order valence-electron chi connectivity index (χ0n) is 15.9. The van der Waals surface area contributed by atoms with Crippen molar-refractivity contribution in [2.24, 2.45) is 0 Å². The first-order valence-electron chi connectivity index (χ1n) is 8.89. The SMILES string of the molecule is COc1ccc(C(=O)N/C(=C\c2ccco2)C(=O)NCc2ccc(Cl)cc2Cl)cc1. The first-order valence-corrected chi connectivity index (χ1v) is 9.64. The third-order valence-electron chi connectivity index (χ3n) is 4.13. The van der Waals surface area contributed by atoms with Crippen molar-refractivity contribution in [1.82, 2.24) is 10.6 Å². The van der Waals surface area contributed by atoms with Gasteiger partial charge in [-0.1, -0.05) is 29.3 Å². The lowest BCUT2D eigenvalue weighted by molar-refractivity contribution is -0.117. The van der Waals surface area contributed by atoms with Crippen LogP contribution >= 0.6 is 23.2 Å². The molecule has 8 heteroatoms. The summed E-state index contributed by atoms with van der Waals surface area (Å²) in [6.45, 7) is 0.155. The monoisotopic (exact) mass is 444 g/mol.